The van der Waals surface area contributed by atoms with Crippen molar-refractivity contribution in [1.82, 2.24) is 10.2 Å². The molecule has 1 amide bonds. The molecule has 0 aromatic heterocycles. The van der Waals surface area contributed by atoms with E-state index in [0.717, 1.165) is 31.9 Å². The zero-order valence-corrected chi connectivity index (χ0v) is 18.8. The number of carbonyl (C=O) groups excluding carboxylic acids is 1. The SMILES string of the molecule is COc1cccc(OC)c1C(=O)NC(=S)Nc1ccc(N2CCN(C)CC2)c(Cl)c1. The predicted octanol–water partition coefficient (Wildman–Crippen LogP) is 3.24. The zero-order chi connectivity index (χ0) is 21.7. The number of hydrogen-bond donors (Lipinski definition) is 2. The lowest BCUT2D eigenvalue weighted by Crippen LogP contribution is -2.44. The van der Waals surface area contributed by atoms with Crippen molar-refractivity contribution in [3.8, 4) is 11.5 Å². The molecule has 0 unspecified atom stereocenters. The highest BCUT2D eigenvalue weighted by atomic mass is 35.5. The Kier molecular flexibility index (Phi) is 7.36. The molecule has 2 N–H and O–H groups in total. The number of piperazine rings is 1. The summed E-state index contributed by atoms with van der Waals surface area (Å²) in [6, 6.07) is 10.8. The van der Waals surface area contributed by atoms with Crippen LogP contribution in [0.25, 0.3) is 0 Å². The van der Waals surface area contributed by atoms with Crippen LogP contribution in [0.2, 0.25) is 5.02 Å². The highest BCUT2D eigenvalue weighted by molar-refractivity contribution is 7.80. The number of likely N-dealkylation sites (N-methyl/N-ethyl adjacent to an activating group) is 1. The molecule has 160 valence electrons. The van der Waals surface area contributed by atoms with Crippen LogP contribution in [0.3, 0.4) is 0 Å². The largest absolute Gasteiger partial charge is 0.496 e. The van der Waals surface area contributed by atoms with Crippen LogP contribution in [0.5, 0.6) is 11.5 Å². The second kappa shape index (κ2) is 9.97. The second-order valence-electron chi connectivity index (χ2n) is 6.90. The van der Waals surface area contributed by atoms with Crippen LogP contribution in [0.4, 0.5) is 11.4 Å². The van der Waals surface area contributed by atoms with Crippen molar-refractivity contribution in [2.75, 3.05) is 57.7 Å². The number of benzene rings is 2. The normalized spacial score (nSPS) is 14.2. The lowest BCUT2D eigenvalue weighted by atomic mass is 10.1. The van der Waals surface area contributed by atoms with Gasteiger partial charge < -0.3 is 24.6 Å². The topological polar surface area (TPSA) is 66.1 Å². The average molecular weight is 449 g/mol. The van der Waals surface area contributed by atoms with Crippen LogP contribution in [0.1, 0.15) is 10.4 Å². The van der Waals surface area contributed by atoms with Crippen molar-refractivity contribution >= 4 is 46.2 Å². The van der Waals surface area contributed by atoms with E-state index in [1.807, 2.05) is 12.1 Å². The number of rotatable bonds is 5. The van der Waals surface area contributed by atoms with Crippen LogP contribution >= 0.6 is 23.8 Å². The fourth-order valence-electron chi connectivity index (χ4n) is 3.29. The van der Waals surface area contributed by atoms with Gasteiger partial charge in [-0.1, -0.05) is 17.7 Å². The number of halogens is 1. The fraction of sp³-hybridized carbons (Fsp3) is 0.333. The van der Waals surface area contributed by atoms with Crippen molar-refractivity contribution in [3.05, 3.63) is 47.0 Å². The minimum absolute atomic E-state index is 0.149. The van der Waals surface area contributed by atoms with Crippen molar-refractivity contribution in [1.29, 1.82) is 0 Å². The molecule has 0 aliphatic carbocycles. The van der Waals surface area contributed by atoms with Crippen LogP contribution in [0, 0.1) is 0 Å². The van der Waals surface area contributed by atoms with Gasteiger partial charge in [0.1, 0.15) is 17.1 Å². The van der Waals surface area contributed by atoms with Gasteiger partial charge in [0, 0.05) is 31.9 Å². The maximum absolute atomic E-state index is 12.7. The maximum atomic E-state index is 12.7. The molecule has 0 saturated carbocycles. The summed E-state index contributed by atoms with van der Waals surface area (Å²) in [5.41, 5.74) is 1.95. The number of methoxy groups -OCH3 is 2. The van der Waals surface area contributed by atoms with E-state index >= 15 is 0 Å². The summed E-state index contributed by atoms with van der Waals surface area (Å²) in [6.07, 6.45) is 0. The molecule has 30 heavy (non-hydrogen) atoms. The molecular weight excluding hydrogens is 424 g/mol. The average Bonchev–Trinajstić information content (AvgIpc) is 2.73. The summed E-state index contributed by atoms with van der Waals surface area (Å²) in [6.45, 7) is 3.86. The number of amides is 1. The summed E-state index contributed by atoms with van der Waals surface area (Å²) < 4.78 is 10.5. The van der Waals surface area contributed by atoms with Crippen molar-refractivity contribution in [3.63, 3.8) is 0 Å². The number of thiocarbonyl (C=S) groups is 1. The third-order valence-corrected chi connectivity index (χ3v) is 5.44. The third-order valence-electron chi connectivity index (χ3n) is 4.93. The molecule has 0 atom stereocenters. The second-order valence-corrected chi connectivity index (χ2v) is 7.72. The standard InChI is InChI=1S/C21H25ClN4O3S/c1-25-9-11-26(12-10-25)16-8-7-14(13-15(16)22)23-21(30)24-20(27)19-17(28-2)5-4-6-18(19)29-3/h4-8,13H,9-12H2,1-3H3,(H2,23,24,27,30). The first-order valence-corrected chi connectivity index (χ1v) is 10.3. The number of carbonyl (C=O) groups is 1. The fourth-order valence-corrected chi connectivity index (χ4v) is 3.80. The Balaban J connectivity index is 1.67. The molecule has 1 aliphatic heterocycles. The van der Waals surface area contributed by atoms with Crippen LogP contribution in [0.15, 0.2) is 36.4 Å². The summed E-state index contributed by atoms with van der Waals surface area (Å²) in [5, 5.41) is 6.44. The number of nitrogens with zero attached hydrogens (tertiary/aromatic N) is 2. The first-order chi connectivity index (χ1) is 14.4. The van der Waals surface area contributed by atoms with Gasteiger partial charge in [0.15, 0.2) is 5.11 Å². The van der Waals surface area contributed by atoms with E-state index < -0.39 is 5.91 Å². The van der Waals surface area contributed by atoms with Crippen molar-refractivity contribution in [2.45, 2.75) is 0 Å². The van der Waals surface area contributed by atoms with E-state index in [0.29, 0.717) is 22.2 Å². The van der Waals surface area contributed by atoms with E-state index in [1.54, 1.807) is 24.3 Å². The number of ether oxygens (including phenoxy) is 2. The smallest absolute Gasteiger partial charge is 0.264 e. The molecule has 1 heterocycles. The monoisotopic (exact) mass is 448 g/mol. The predicted molar refractivity (Wildman–Crippen MR) is 124 cm³/mol. The molecule has 7 nitrogen and oxygen atoms in total. The molecule has 0 bridgehead atoms. The van der Waals surface area contributed by atoms with Crippen molar-refractivity contribution in [2.24, 2.45) is 0 Å². The number of anilines is 2. The zero-order valence-electron chi connectivity index (χ0n) is 17.2. The van der Waals surface area contributed by atoms with Gasteiger partial charge in [0.25, 0.3) is 5.91 Å². The third kappa shape index (κ3) is 5.13. The van der Waals surface area contributed by atoms with E-state index in [9.17, 15) is 4.79 Å². The van der Waals surface area contributed by atoms with Gasteiger partial charge >= 0.3 is 0 Å². The van der Waals surface area contributed by atoms with E-state index in [2.05, 4.69) is 27.5 Å². The molecule has 1 aliphatic rings. The molecule has 2 aromatic carbocycles. The summed E-state index contributed by atoms with van der Waals surface area (Å²) in [7, 11) is 5.10. The van der Waals surface area contributed by atoms with Gasteiger partial charge in [0.05, 0.1) is 24.9 Å². The van der Waals surface area contributed by atoms with Crippen LogP contribution in [-0.4, -0.2) is 63.4 Å². The van der Waals surface area contributed by atoms with Crippen LogP contribution < -0.4 is 25.0 Å². The van der Waals surface area contributed by atoms with Crippen molar-refractivity contribution < 1.29 is 14.3 Å². The molecule has 1 fully saturated rings. The van der Waals surface area contributed by atoms with E-state index in [1.165, 1.54) is 14.2 Å². The van der Waals surface area contributed by atoms with E-state index in [4.69, 9.17) is 33.3 Å². The van der Waals surface area contributed by atoms with Gasteiger partial charge in [-0.25, -0.2) is 0 Å². The summed E-state index contributed by atoms with van der Waals surface area (Å²) in [4.78, 5) is 17.3. The highest BCUT2D eigenvalue weighted by Gasteiger charge is 2.20. The Hall–Kier alpha value is -2.55. The maximum Gasteiger partial charge on any atom is 0.264 e. The van der Waals surface area contributed by atoms with Gasteiger partial charge in [-0.3, -0.25) is 10.1 Å². The Morgan fingerprint density at radius 3 is 2.27 bits per heavy atom. The number of nitrogens with one attached hydrogen (secondary N) is 2. The Morgan fingerprint density at radius 1 is 1.07 bits per heavy atom. The Morgan fingerprint density at radius 2 is 1.70 bits per heavy atom. The first kappa shape index (κ1) is 22.1. The molecule has 9 heteroatoms. The summed E-state index contributed by atoms with van der Waals surface area (Å²) in [5.74, 6) is 0.366. The molecule has 2 aromatic rings. The van der Waals surface area contributed by atoms with Gasteiger partial charge in [-0.05, 0) is 49.6 Å². The van der Waals surface area contributed by atoms with E-state index in [-0.39, 0.29) is 10.7 Å². The lowest BCUT2D eigenvalue weighted by Gasteiger charge is -2.34. The number of hydrogen-bond acceptors (Lipinski definition) is 6. The highest BCUT2D eigenvalue weighted by Crippen LogP contribution is 2.30. The molecular formula is C21H25ClN4O3S. The minimum Gasteiger partial charge on any atom is -0.496 e. The minimum atomic E-state index is -0.429. The Bertz CT molecular complexity index is 910. The lowest BCUT2D eigenvalue weighted by molar-refractivity contribution is 0.0971. The van der Waals surface area contributed by atoms with Gasteiger partial charge in [-0.2, -0.15) is 0 Å². The van der Waals surface area contributed by atoms with Gasteiger partial charge in [-0.15, -0.1) is 0 Å². The Labute approximate surface area is 186 Å². The molecule has 0 spiro atoms. The molecule has 3 rings (SSSR count). The molecule has 0 radical (unpaired) electrons. The summed E-state index contributed by atoms with van der Waals surface area (Å²) >= 11 is 11.8. The molecule has 1 saturated heterocycles. The van der Waals surface area contributed by atoms with Gasteiger partial charge in [0.2, 0.25) is 0 Å². The quantitative estimate of drug-likeness (QED) is 0.680. The first-order valence-electron chi connectivity index (χ1n) is 9.49. The van der Waals surface area contributed by atoms with Crippen LogP contribution in [-0.2, 0) is 0 Å².